The number of rotatable bonds is 1. The summed E-state index contributed by atoms with van der Waals surface area (Å²) >= 11 is 0. The Bertz CT molecular complexity index is 726. The fraction of sp³-hybridized carbons (Fsp3) is 0.0769. The Hall–Kier alpha value is -2.36. The topological polar surface area (TPSA) is 48.0 Å². The molecule has 2 heterocycles. The second-order valence-electron chi connectivity index (χ2n) is 3.84. The van der Waals surface area contributed by atoms with Crippen molar-refractivity contribution in [1.29, 1.82) is 0 Å². The lowest BCUT2D eigenvalue weighted by Crippen LogP contribution is -2.05. The van der Waals surface area contributed by atoms with Crippen LogP contribution in [0.15, 0.2) is 51.8 Å². The third kappa shape index (κ3) is 1.54. The van der Waals surface area contributed by atoms with E-state index < -0.39 is 0 Å². The van der Waals surface area contributed by atoms with Gasteiger partial charge >= 0.3 is 5.63 Å². The van der Waals surface area contributed by atoms with Crippen molar-refractivity contribution in [2.45, 2.75) is 0 Å². The van der Waals surface area contributed by atoms with Crippen molar-refractivity contribution >= 4 is 10.9 Å². The van der Waals surface area contributed by atoms with Crippen LogP contribution >= 0.6 is 0 Å². The molecule has 3 rings (SSSR count). The molecule has 0 N–H and O–H groups in total. The molecule has 84 valence electrons. The molecule has 0 spiro atoms. The van der Waals surface area contributed by atoms with Gasteiger partial charge in [0.2, 0.25) is 0 Å². The Morgan fingerprint density at radius 1 is 1.24 bits per heavy atom. The molecule has 2 aromatic heterocycles. The van der Waals surface area contributed by atoms with E-state index >= 15 is 0 Å². The lowest BCUT2D eigenvalue weighted by atomic mass is 10.1. The maximum absolute atomic E-state index is 11.8. The highest BCUT2D eigenvalue weighted by Gasteiger charge is 2.09. The number of nitrogens with zero attached hydrogens (tertiary/aromatic N) is 2. The van der Waals surface area contributed by atoms with E-state index in [0.717, 1.165) is 10.9 Å². The van der Waals surface area contributed by atoms with Gasteiger partial charge < -0.3 is 4.42 Å². The van der Waals surface area contributed by atoms with Crippen LogP contribution in [-0.4, -0.2) is 9.78 Å². The number of hydrogen-bond donors (Lipinski definition) is 0. The Morgan fingerprint density at radius 2 is 2.00 bits per heavy atom. The van der Waals surface area contributed by atoms with E-state index in [1.807, 2.05) is 36.4 Å². The van der Waals surface area contributed by atoms with Crippen LogP contribution in [0, 0.1) is 0 Å². The summed E-state index contributed by atoms with van der Waals surface area (Å²) in [5.41, 5.74) is 1.02. The number of fused-ring (bicyclic) bond motifs is 1. The summed E-state index contributed by atoms with van der Waals surface area (Å²) in [4.78, 5) is 11.8. The number of aromatic nitrogens is 2. The van der Waals surface area contributed by atoms with E-state index in [-0.39, 0.29) is 5.63 Å². The molecule has 0 fully saturated rings. The van der Waals surface area contributed by atoms with Gasteiger partial charge in [0.05, 0.1) is 6.20 Å². The van der Waals surface area contributed by atoms with Gasteiger partial charge in [0.25, 0.3) is 0 Å². The molecular weight excluding hydrogens is 216 g/mol. The molecule has 0 atom stereocenters. The van der Waals surface area contributed by atoms with Crippen molar-refractivity contribution in [1.82, 2.24) is 9.78 Å². The van der Waals surface area contributed by atoms with Gasteiger partial charge in [0, 0.05) is 18.0 Å². The van der Waals surface area contributed by atoms with Gasteiger partial charge in [0.15, 0.2) is 5.52 Å². The van der Waals surface area contributed by atoms with Crippen LogP contribution in [0.1, 0.15) is 0 Å². The zero-order valence-electron chi connectivity index (χ0n) is 9.25. The van der Waals surface area contributed by atoms with Crippen LogP contribution in [0.4, 0.5) is 0 Å². The van der Waals surface area contributed by atoms with Crippen LogP contribution < -0.4 is 5.63 Å². The fourth-order valence-electron chi connectivity index (χ4n) is 1.87. The maximum Gasteiger partial charge on any atom is 0.362 e. The zero-order valence-corrected chi connectivity index (χ0v) is 9.25. The fourth-order valence-corrected chi connectivity index (χ4v) is 1.87. The van der Waals surface area contributed by atoms with Gasteiger partial charge in [-0.2, -0.15) is 5.10 Å². The van der Waals surface area contributed by atoms with Gasteiger partial charge in [-0.15, -0.1) is 0 Å². The summed E-state index contributed by atoms with van der Waals surface area (Å²) in [6, 6.07) is 11.4. The standard InChI is InChI=1S/C13H10N2O2/c1-15-12-10(8-14-15)7-11(17-13(12)16)9-5-3-2-4-6-9/h2-8H,1H3. The smallest absolute Gasteiger partial charge is 0.362 e. The highest BCUT2D eigenvalue weighted by molar-refractivity contribution is 5.80. The first kappa shape index (κ1) is 9.84. The summed E-state index contributed by atoms with van der Waals surface area (Å²) in [7, 11) is 1.72. The number of aryl methyl sites for hydroxylation is 1. The van der Waals surface area contributed by atoms with Crippen molar-refractivity contribution < 1.29 is 4.42 Å². The zero-order chi connectivity index (χ0) is 11.8. The molecule has 0 bridgehead atoms. The van der Waals surface area contributed by atoms with Gasteiger partial charge in [0.1, 0.15) is 5.76 Å². The van der Waals surface area contributed by atoms with E-state index in [1.54, 1.807) is 13.2 Å². The predicted molar refractivity (Wildman–Crippen MR) is 64.7 cm³/mol. The molecule has 0 aliphatic heterocycles. The van der Waals surface area contributed by atoms with E-state index in [2.05, 4.69) is 5.10 Å². The SMILES string of the molecule is Cn1ncc2cc(-c3ccccc3)oc(=O)c21. The first-order valence-electron chi connectivity index (χ1n) is 5.27. The minimum Gasteiger partial charge on any atom is -0.421 e. The van der Waals surface area contributed by atoms with Crippen molar-refractivity contribution in [3.05, 3.63) is 53.0 Å². The molecule has 0 amide bonds. The van der Waals surface area contributed by atoms with Crippen molar-refractivity contribution in [3.63, 3.8) is 0 Å². The predicted octanol–water partition coefficient (Wildman–Crippen LogP) is 2.19. The van der Waals surface area contributed by atoms with E-state index in [0.29, 0.717) is 11.3 Å². The van der Waals surface area contributed by atoms with Gasteiger partial charge in [-0.1, -0.05) is 30.3 Å². The molecule has 4 nitrogen and oxygen atoms in total. The highest BCUT2D eigenvalue weighted by Crippen LogP contribution is 2.21. The largest absolute Gasteiger partial charge is 0.421 e. The Labute approximate surface area is 97.1 Å². The molecule has 4 heteroatoms. The molecule has 0 saturated heterocycles. The Balaban J connectivity index is 2.30. The van der Waals surface area contributed by atoms with Crippen LogP contribution in [0.5, 0.6) is 0 Å². The number of hydrogen-bond acceptors (Lipinski definition) is 3. The lowest BCUT2D eigenvalue weighted by molar-refractivity contribution is 0.529. The molecule has 3 aromatic rings. The minimum atomic E-state index is -0.360. The maximum atomic E-state index is 11.8. The first-order valence-corrected chi connectivity index (χ1v) is 5.27. The molecule has 0 saturated carbocycles. The average Bonchev–Trinajstić information content (AvgIpc) is 2.73. The van der Waals surface area contributed by atoms with E-state index in [1.165, 1.54) is 4.68 Å². The van der Waals surface area contributed by atoms with Gasteiger partial charge in [-0.25, -0.2) is 4.79 Å². The highest BCUT2D eigenvalue weighted by atomic mass is 16.4. The first-order chi connectivity index (χ1) is 8.25. The summed E-state index contributed by atoms with van der Waals surface area (Å²) in [5.74, 6) is 0.566. The normalized spacial score (nSPS) is 10.9. The monoisotopic (exact) mass is 226 g/mol. The van der Waals surface area contributed by atoms with Crippen molar-refractivity contribution in [3.8, 4) is 11.3 Å². The van der Waals surface area contributed by atoms with Gasteiger partial charge in [-0.05, 0) is 6.07 Å². The summed E-state index contributed by atoms with van der Waals surface area (Å²) < 4.78 is 6.82. The van der Waals surface area contributed by atoms with E-state index in [4.69, 9.17) is 4.42 Å². The average molecular weight is 226 g/mol. The molecule has 1 aromatic carbocycles. The third-order valence-electron chi connectivity index (χ3n) is 2.71. The van der Waals surface area contributed by atoms with Crippen LogP contribution in [0.3, 0.4) is 0 Å². The summed E-state index contributed by atoms with van der Waals surface area (Å²) in [6.07, 6.45) is 1.67. The third-order valence-corrected chi connectivity index (χ3v) is 2.71. The van der Waals surface area contributed by atoms with Crippen LogP contribution in [-0.2, 0) is 7.05 Å². The van der Waals surface area contributed by atoms with Gasteiger partial charge in [-0.3, -0.25) is 4.68 Å². The number of benzene rings is 1. The van der Waals surface area contributed by atoms with Crippen molar-refractivity contribution in [2.24, 2.45) is 7.05 Å². The second kappa shape index (κ2) is 3.59. The van der Waals surface area contributed by atoms with Crippen LogP contribution in [0.25, 0.3) is 22.2 Å². The van der Waals surface area contributed by atoms with Crippen LogP contribution in [0.2, 0.25) is 0 Å². The molecule has 17 heavy (non-hydrogen) atoms. The molecular formula is C13H10N2O2. The molecule has 0 aliphatic rings. The lowest BCUT2D eigenvalue weighted by Gasteiger charge is -2.00. The molecule has 0 radical (unpaired) electrons. The summed E-state index contributed by atoms with van der Waals surface area (Å²) in [5, 5.41) is 4.84. The Morgan fingerprint density at radius 3 is 2.76 bits per heavy atom. The van der Waals surface area contributed by atoms with Crippen molar-refractivity contribution in [2.75, 3.05) is 0 Å². The Kier molecular flexibility index (Phi) is 2.08. The van der Waals surface area contributed by atoms with E-state index in [9.17, 15) is 4.79 Å². The molecule has 0 aliphatic carbocycles. The molecule has 0 unspecified atom stereocenters. The minimum absolute atomic E-state index is 0.360. The second-order valence-corrected chi connectivity index (χ2v) is 3.84. The summed E-state index contributed by atoms with van der Waals surface area (Å²) in [6.45, 7) is 0. The quantitative estimate of drug-likeness (QED) is 0.639.